The molecule has 1 N–H and O–H groups in total. The highest BCUT2D eigenvalue weighted by Crippen LogP contribution is 2.22. The molecule has 4 heteroatoms. The number of carbonyl (C=O) groups is 2. The van der Waals surface area contributed by atoms with Crippen LogP contribution in [0.25, 0.3) is 11.1 Å². The number of hydrogen-bond acceptors (Lipinski definition) is 2. The predicted molar refractivity (Wildman–Crippen MR) is 88.6 cm³/mol. The molecule has 0 atom stereocenters. The SMILES string of the molecule is O=C(O)c1cccc(-c2ccc(C(=O)N3CCCCC3)cc2)c1. The van der Waals surface area contributed by atoms with Crippen LogP contribution in [0.15, 0.2) is 48.5 Å². The van der Waals surface area contributed by atoms with Crippen LogP contribution in [0.4, 0.5) is 0 Å². The van der Waals surface area contributed by atoms with Crippen LogP contribution in [0.2, 0.25) is 0 Å². The Morgan fingerprint density at radius 3 is 2.17 bits per heavy atom. The molecule has 0 radical (unpaired) electrons. The Kier molecular flexibility index (Phi) is 4.42. The molecule has 1 fully saturated rings. The molecule has 0 aliphatic carbocycles. The highest BCUT2D eigenvalue weighted by atomic mass is 16.4. The van der Waals surface area contributed by atoms with Gasteiger partial charge in [-0.2, -0.15) is 0 Å². The highest BCUT2D eigenvalue weighted by Gasteiger charge is 2.18. The summed E-state index contributed by atoms with van der Waals surface area (Å²) in [6.07, 6.45) is 3.35. The second-order valence-corrected chi connectivity index (χ2v) is 5.82. The third-order valence-electron chi connectivity index (χ3n) is 4.22. The van der Waals surface area contributed by atoms with Crippen molar-refractivity contribution in [3.63, 3.8) is 0 Å². The van der Waals surface area contributed by atoms with Crippen LogP contribution < -0.4 is 0 Å². The van der Waals surface area contributed by atoms with E-state index in [-0.39, 0.29) is 11.5 Å². The van der Waals surface area contributed by atoms with E-state index in [0.717, 1.165) is 37.1 Å². The van der Waals surface area contributed by atoms with E-state index in [1.54, 1.807) is 18.2 Å². The molecule has 118 valence electrons. The first kappa shape index (κ1) is 15.3. The van der Waals surface area contributed by atoms with Crippen LogP contribution in [0.3, 0.4) is 0 Å². The summed E-state index contributed by atoms with van der Waals surface area (Å²) in [6, 6.07) is 14.2. The van der Waals surface area contributed by atoms with Crippen molar-refractivity contribution < 1.29 is 14.7 Å². The minimum Gasteiger partial charge on any atom is -0.478 e. The summed E-state index contributed by atoms with van der Waals surface area (Å²) in [5.41, 5.74) is 2.69. The van der Waals surface area contributed by atoms with E-state index in [1.165, 1.54) is 6.42 Å². The van der Waals surface area contributed by atoms with Gasteiger partial charge in [-0.15, -0.1) is 0 Å². The number of likely N-dealkylation sites (tertiary alicyclic amines) is 1. The molecule has 2 aromatic carbocycles. The molecule has 2 aromatic rings. The number of carboxylic acid groups (broad SMARTS) is 1. The maximum absolute atomic E-state index is 12.4. The van der Waals surface area contributed by atoms with Gasteiger partial charge in [-0.25, -0.2) is 4.79 Å². The smallest absolute Gasteiger partial charge is 0.335 e. The van der Waals surface area contributed by atoms with Crippen LogP contribution in [0.5, 0.6) is 0 Å². The first-order valence-electron chi connectivity index (χ1n) is 7.88. The number of amides is 1. The van der Waals surface area contributed by atoms with Crippen molar-refractivity contribution in [2.75, 3.05) is 13.1 Å². The Morgan fingerprint density at radius 2 is 1.52 bits per heavy atom. The van der Waals surface area contributed by atoms with Crippen molar-refractivity contribution in [2.24, 2.45) is 0 Å². The highest BCUT2D eigenvalue weighted by molar-refractivity contribution is 5.95. The normalized spacial score (nSPS) is 14.5. The van der Waals surface area contributed by atoms with Gasteiger partial charge < -0.3 is 10.0 Å². The van der Waals surface area contributed by atoms with Gasteiger partial charge in [0.1, 0.15) is 0 Å². The molecule has 1 aliphatic rings. The zero-order chi connectivity index (χ0) is 16.2. The second kappa shape index (κ2) is 6.65. The quantitative estimate of drug-likeness (QED) is 0.941. The van der Waals surface area contributed by atoms with Crippen LogP contribution in [0.1, 0.15) is 40.0 Å². The van der Waals surface area contributed by atoms with Gasteiger partial charge in [-0.05, 0) is 54.7 Å². The number of carboxylic acids is 1. The standard InChI is InChI=1S/C19H19NO3/c21-18(20-11-2-1-3-12-20)15-9-7-14(8-10-15)16-5-4-6-17(13-16)19(22)23/h4-10,13H,1-3,11-12H2,(H,22,23). The second-order valence-electron chi connectivity index (χ2n) is 5.82. The Hall–Kier alpha value is -2.62. The minimum absolute atomic E-state index is 0.0792. The van der Waals surface area contributed by atoms with Crippen molar-refractivity contribution in [1.82, 2.24) is 4.90 Å². The maximum Gasteiger partial charge on any atom is 0.335 e. The number of hydrogen-bond donors (Lipinski definition) is 1. The number of rotatable bonds is 3. The molecule has 23 heavy (non-hydrogen) atoms. The minimum atomic E-state index is -0.941. The Labute approximate surface area is 135 Å². The zero-order valence-corrected chi connectivity index (χ0v) is 12.9. The summed E-state index contributed by atoms with van der Waals surface area (Å²) in [6.45, 7) is 1.67. The lowest BCUT2D eigenvalue weighted by Gasteiger charge is -2.26. The van der Waals surface area contributed by atoms with Gasteiger partial charge in [0.15, 0.2) is 0 Å². The lowest BCUT2D eigenvalue weighted by molar-refractivity contribution is 0.0694. The van der Waals surface area contributed by atoms with Crippen molar-refractivity contribution in [3.8, 4) is 11.1 Å². The summed E-state index contributed by atoms with van der Waals surface area (Å²) >= 11 is 0. The van der Waals surface area contributed by atoms with Gasteiger partial charge in [0, 0.05) is 18.7 Å². The van der Waals surface area contributed by atoms with Crippen molar-refractivity contribution in [2.45, 2.75) is 19.3 Å². The lowest BCUT2D eigenvalue weighted by atomic mass is 10.0. The topological polar surface area (TPSA) is 57.6 Å². The fourth-order valence-corrected chi connectivity index (χ4v) is 2.92. The number of nitrogens with zero attached hydrogens (tertiary/aromatic N) is 1. The molecular formula is C19H19NO3. The average molecular weight is 309 g/mol. The van der Waals surface area contributed by atoms with Crippen molar-refractivity contribution in [3.05, 3.63) is 59.7 Å². The Bertz CT molecular complexity index is 716. The van der Waals surface area contributed by atoms with Gasteiger partial charge in [0.05, 0.1) is 5.56 Å². The van der Waals surface area contributed by atoms with E-state index in [9.17, 15) is 9.59 Å². The fraction of sp³-hybridized carbons (Fsp3) is 0.263. The van der Waals surface area contributed by atoms with Crippen molar-refractivity contribution >= 4 is 11.9 Å². The van der Waals surface area contributed by atoms with Crippen LogP contribution >= 0.6 is 0 Å². The molecule has 1 heterocycles. The number of carbonyl (C=O) groups excluding carboxylic acids is 1. The maximum atomic E-state index is 12.4. The first-order chi connectivity index (χ1) is 11.1. The van der Waals surface area contributed by atoms with Gasteiger partial charge in [-0.1, -0.05) is 24.3 Å². The third kappa shape index (κ3) is 3.42. The summed E-state index contributed by atoms with van der Waals surface area (Å²) in [4.78, 5) is 25.4. The molecule has 0 unspecified atom stereocenters. The number of aromatic carboxylic acids is 1. The Balaban J connectivity index is 1.80. The fourth-order valence-electron chi connectivity index (χ4n) is 2.92. The molecule has 0 saturated carbocycles. The van der Waals surface area contributed by atoms with Crippen LogP contribution in [-0.2, 0) is 0 Å². The van der Waals surface area contributed by atoms with Crippen LogP contribution in [-0.4, -0.2) is 35.0 Å². The molecule has 4 nitrogen and oxygen atoms in total. The molecule has 1 aliphatic heterocycles. The summed E-state index contributed by atoms with van der Waals surface area (Å²) < 4.78 is 0. The molecule has 3 rings (SSSR count). The molecule has 1 saturated heterocycles. The molecule has 0 aromatic heterocycles. The van der Waals surface area contributed by atoms with Gasteiger partial charge in [0.25, 0.3) is 5.91 Å². The largest absolute Gasteiger partial charge is 0.478 e. The molecule has 1 amide bonds. The van der Waals surface area contributed by atoms with Gasteiger partial charge in [-0.3, -0.25) is 4.79 Å². The Morgan fingerprint density at radius 1 is 0.826 bits per heavy atom. The third-order valence-corrected chi connectivity index (χ3v) is 4.22. The van der Waals surface area contributed by atoms with Crippen LogP contribution in [0, 0.1) is 0 Å². The molecular weight excluding hydrogens is 290 g/mol. The summed E-state index contributed by atoms with van der Waals surface area (Å²) in [5, 5.41) is 9.07. The van der Waals surface area contributed by atoms with Crippen molar-refractivity contribution in [1.29, 1.82) is 0 Å². The molecule has 0 spiro atoms. The van der Waals surface area contributed by atoms with E-state index in [4.69, 9.17) is 5.11 Å². The van der Waals surface area contributed by atoms with E-state index in [1.807, 2.05) is 35.2 Å². The van der Waals surface area contributed by atoms with Gasteiger partial charge >= 0.3 is 5.97 Å². The number of piperidine rings is 1. The summed E-state index contributed by atoms with van der Waals surface area (Å²) in [7, 11) is 0. The molecule has 0 bridgehead atoms. The zero-order valence-electron chi connectivity index (χ0n) is 12.9. The van der Waals surface area contributed by atoms with E-state index < -0.39 is 5.97 Å². The predicted octanol–water partition coefficient (Wildman–Crippen LogP) is 3.68. The van der Waals surface area contributed by atoms with E-state index >= 15 is 0 Å². The van der Waals surface area contributed by atoms with Gasteiger partial charge in [0.2, 0.25) is 0 Å². The number of benzene rings is 2. The first-order valence-corrected chi connectivity index (χ1v) is 7.88. The summed E-state index contributed by atoms with van der Waals surface area (Å²) in [5.74, 6) is -0.862. The monoisotopic (exact) mass is 309 g/mol. The van der Waals surface area contributed by atoms with E-state index in [0.29, 0.717) is 5.56 Å². The lowest BCUT2D eigenvalue weighted by Crippen LogP contribution is -2.35. The average Bonchev–Trinajstić information content (AvgIpc) is 2.62. The van der Waals surface area contributed by atoms with E-state index in [2.05, 4.69) is 0 Å².